The zero-order valence-electron chi connectivity index (χ0n) is 12.7. The van der Waals surface area contributed by atoms with E-state index in [1.807, 2.05) is 6.92 Å². The Labute approximate surface area is 140 Å². The number of benzene rings is 1. The lowest BCUT2D eigenvalue weighted by Gasteiger charge is -2.13. The molecule has 0 atom stereocenters. The molecule has 118 valence electrons. The minimum absolute atomic E-state index is 0.0468. The monoisotopic (exact) mass is 337 g/mol. The maximum absolute atomic E-state index is 12.4. The van der Waals surface area contributed by atoms with Gasteiger partial charge in [0.25, 0.3) is 5.91 Å². The van der Waals surface area contributed by atoms with Crippen molar-refractivity contribution >= 4 is 40.3 Å². The summed E-state index contributed by atoms with van der Waals surface area (Å²) in [4.78, 5) is 14.6. The summed E-state index contributed by atoms with van der Waals surface area (Å²) in [6.07, 6.45) is 3.74. The predicted octanol–water partition coefficient (Wildman–Crippen LogP) is 3.79. The number of hydrogen-bond donors (Lipinski definition) is 1. The number of unbranched alkanes of at least 4 members (excludes halogenated alkanes) is 1. The van der Waals surface area contributed by atoms with Gasteiger partial charge < -0.3 is 9.84 Å². The maximum atomic E-state index is 12.4. The normalized spacial score (nSPS) is 16.6. The van der Waals surface area contributed by atoms with Crippen molar-refractivity contribution in [2.24, 2.45) is 0 Å². The average molecular weight is 337 g/mol. The van der Waals surface area contributed by atoms with Crippen LogP contribution in [-0.4, -0.2) is 33.4 Å². The summed E-state index contributed by atoms with van der Waals surface area (Å²) in [6.45, 7) is 5.07. The molecule has 1 aromatic carbocycles. The Morgan fingerprint density at radius 2 is 2.18 bits per heavy atom. The molecule has 0 bridgehead atoms. The molecule has 0 unspecified atom stereocenters. The molecule has 1 fully saturated rings. The molecule has 1 amide bonds. The van der Waals surface area contributed by atoms with Crippen LogP contribution in [0.5, 0.6) is 11.5 Å². The number of thiocarbonyl (C=S) groups is 1. The van der Waals surface area contributed by atoms with Gasteiger partial charge in [0.2, 0.25) is 0 Å². The van der Waals surface area contributed by atoms with Crippen LogP contribution in [0.4, 0.5) is 0 Å². The lowest BCUT2D eigenvalue weighted by Crippen LogP contribution is -2.28. The highest BCUT2D eigenvalue weighted by molar-refractivity contribution is 8.26. The molecule has 22 heavy (non-hydrogen) atoms. The predicted molar refractivity (Wildman–Crippen MR) is 94.1 cm³/mol. The first-order valence-corrected chi connectivity index (χ1v) is 8.50. The van der Waals surface area contributed by atoms with Gasteiger partial charge in [0.1, 0.15) is 4.32 Å². The molecular weight excluding hydrogens is 318 g/mol. The van der Waals surface area contributed by atoms with Crippen molar-refractivity contribution in [2.75, 3.05) is 13.2 Å². The second kappa shape index (κ2) is 7.65. The van der Waals surface area contributed by atoms with E-state index in [0.29, 0.717) is 28.1 Å². The van der Waals surface area contributed by atoms with Crippen LogP contribution in [0.2, 0.25) is 0 Å². The van der Waals surface area contributed by atoms with Gasteiger partial charge in [-0.25, -0.2) is 0 Å². The van der Waals surface area contributed by atoms with Crippen molar-refractivity contribution < 1.29 is 14.6 Å². The van der Waals surface area contributed by atoms with Crippen LogP contribution >= 0.6 is 24.0 Å². The molecule has 6 heteroatoms. The number of rotatable bonds is 6. The fourth-order valence-corrected chi connectivity index (χ4v) is 3.36. The average Bonchev–Trinajstić information content (AvgIpc) is 2.75. The van der Waals surface area contributed by atoms with E-state index in [2.05, 4.69) is 6.92 Å². The van der Waals surface area contributed by atoms with Gasteiger partial charge in [0, 0.05) is 6.54 Å². The number of carbonyl (C=O) groups is 1. The van der Waals surface area contributed by atoms with Crippen LogP contribution in [0.25, 0.3) is 6.08 Å². The standard InChI is InChI=1S/C16H19NO3S2/c1-3-5-8-17-15(19)14(22-16(17)21)10-11-6-7-12(18)13(9-11)20-4-2/h6-7,9-10,18H,3-5,8H2,1-2H3. The smallest absolute Gasteiger partial charge is 0.266 e. The number of carbonyl (C=O) groups excluding carboxylic acids is 1. The molecule has 1 aliphatic heterocycles. The summed E-state index contributed by atoms with van der Waals surface area (Å²) in [5.41, 5.74) is 0.803. The molecular formula is C16H19NO3S2. The third-order valence-corrected chi connectivity index (χ3v) is 4.57. The first kappa shape index (κ1) is 16.8. The van der Waals surface area contributed by atoms with E-state index >= 15 is 0 Å². The summed E-state index contributed by atoms with van der Waals surface area (Å²) < 4.78 is 5.96. The van der Waals surface area contributed by atoms with Crippen LogP contribution in [0.1, 0.15) is 32.3 Å². The molecule has 0 aromatic heterocycles. The molecule has 0 radical (unpaired) electrons. The van der Waals surface area contributed by atoms with Crippen molar-refractivity contribution in [3.63, 3.8) is 0 Å². The van der Waals surface area contributed by atoms with E-state index in [0.717, 1.165) is 18.4 Å². The van der Waals surface area contributed by atoms with E-state index in [-0.39, 0.29) is 11.7 Å². The highest BCUT2D eigenvalue weighted by Crippen LogP contribution is 2.34. The minimum atomic E-state index is -0.0468. The van der Waals surface area contributed by atoms with Crippen LogP contribution in [0.3, 0.4) is 0 Å². The van der Waals surface area contributed by atoms with Crippen LogP contribution in [0, 0.1) is 0 Å². The Morgan fingerprint density at radius 3 is 2.86 bits per heavy atom. The SMILES string of the molecule is CCCCN1C(=O)C(=Cc2ccc(O)c(OCC)c2)SC1=S. The summed E-state index contributed by atoms with van der Waals surface area (Å²) in [5.74, 6) is 0.460. The highest BCUT2D eigenvalue weighted by Gasteiger charge is 2.31. The zero-order chi connectivity index (χ0) is 16.1. The fourth-order valence-electron chi connectivity index (χ4n) is 2.05. The third-order valence-electron chi connectivity index (χ3n) is 3.19. The fraction of sp³-hybridized carbons (Fsp3) is 0.375. The Kier molecular flexibility index (Phi) is 5.85. The van der Waals surface area contributed by atoms with Gasteiger partial charge >= 0.3 is 0 Å². The number of ether oxygens (including phenoxy) is 1. The molecule has 1 N–H and O–H groups in total. The van der Waals surface area contributed by atoms with E-state index in [4.69, 9.17) is 17.0 Å². The Morgan fingerprint density at radius 1 is 1.41 bits per heavy atom. The van der Waals surface area contributed by atoms with Crippen molar-refractivity contribution in [3.8, 4) is 11.5 Å². The second-order valence-electron chi connectivity index (χ2n) is 4.85. The summed E-state index contributed by atoms with van der Waals surface area (Å²) in [6, 6.07) is 5.03. The Bertz CT molecular complexity index is 613. The number of thioether (sulfide) groups is 1. The molecule has 1 aliphatic rings. The quantitative estimate of drug-likeness (QED) is 0.632. The second-order valence-corrected chi connectivity index (χ2v) is 6.52. The Balaban J connectivity index is 2.21. The van der Waals surface area contributed by atoms with Gasteiger partial charge in [-0.1, -0.05) is 43.4 Å². The van der Waals surface area contributed by atoms with E-state index in [1.54, 1.807) is 29.2 Å². The Hall–Kier alpha value is -1.53. The molecule has 2 rings (SSSR count). The lowest BCUT2D eigenvalue weighted by atomic mass is 10.2. The largest absolute Gasteiger partial charge is 0.504 e. The van der Waals surface area contributed by atoms with Gasteiger partial charge in [0.15, 0.2) is 11.5 Å². The van der Waals surface area contributed by atoms with Crippen molar-refractivity contribution in [1.29, 1.82) is 0 Å². The number of phenols is 1. The molecule has 1 saturated heterocycles. The maximum Gasteiger partial charge on any atom is 0.266 e. The minimum Gasteiger partial charge on any atom is -0.504 e. The van der Waals surface area contributed by atoms with E-state index in [1.165, 1.54) is 11.8 Å². The number of phenolic OH excluding ortho intramolecular Hbond substituents is 1. The molecule has 1 aromatic rings. The summed E-state index contributed by atoms with van der Waals surface area (Å²) >= 11 is 6.59. The summed E-state index contributed by atoms with van der Waals surface area (Å²) in [7, 11) is 0. The van der Waals surface area contributed by atoms with Crippen LogP contribution < -0.4 is 4.74 Å². The first-order chi connectivity index (χ1) is 10.6. The van der Waals surface area contributed by atoms with Gasteiger partial charge in [-0.3, -0.25) is 9.69 Å². The zero-order valence-corrected chi connectivity index (χ0v) is 14.3. The third kappa shape index (κ3) is 3.81. The first-order valence-electron chi connectivity index (χ1n) is 7.28. The topological polar surface area (TPSA) is 49.8 Å². The number of hydrogen-bond acceptors (Lipinski definition) is 5. The van der Waals surface area contributed by atoms with E-state index in [9.17, 15) is 9.90 Å². The van der Waals surface area contributed by atoms with Crippen LogP contribution in [-0.2, 0) is 4.79 Å². The van der Waals surface area contributed by atoms with Crippen molar-refractivity contribution in [3.05, 3.63) is 28.7 Å². The van der Waals surface area contributed by atoms with Crippen LogP contribution in [0.15, 0.2) is 23.1 Å². The lowest BCUT2D eigenvalue weighted by molar-refractivity contribution is -0.122. The van der Waals surface area contributed by atoms with Gasteiger partial charge in [0.05, 0.1) is 11.5 Å². The molecule has 0 spiro atoms. The molecule has 0 aliphatic carbocycles. The number of nitrogens with zero attached hydrogens (tertiary/aromatic N) is 1. The highest BCUT2D eigenvalue weighted by atomic mass is 32.2. The van der Waals surface area contributed by atoms with Gasteiger partial charge in [-0.05, 0) is 37.1 Å². The van der Waals surface area contributed by atoms with Crippen molar-refractivity contribution in [1.82, 2.24) is 4.90 Å². The van der Waals surface area contributed by atoms with Gasteiger partial charge in [-0.2, -0.15) is 0 Å². The molecule has 4 nitrogen and oxygen atoms in total. The molecule has 0 saturated carbocycles. The summed E-state index contributed by atoms with van der Waals surface area (Å²) in [5, 5.41) is 9.71. The van der Waals surface area contributed by atoms with Crippen molar-refractivity contribution in [2.45, 2.75) is 26.7 Å². The van der Waals surface area contributed by atoms with E-state index < -0.39 is 0 Å². The number of amides is 1. The van der Waals surface area contributed by atoms with Gasteiger partial charge in [-0.15, -0.1) is 0 Å². The number of aromatic hydroxyl groups is 1. The molecule has 1 heterocycles.